The summed E-state index contributed by atoms with van der Waals surface area (Å²) in [7, 11) is -2.18. The first-order chi connectivity index (χ1) is 20.7. The Labute approximate surface area is 251 Å². The topological polar surface area (TPSA) is 106 Å². The first-order valence-electron chi connectivity index (χ1n) is 14.0. The molecule has 0 fully saturated rings. The Balaban J connectivity index is 1.37. The summed E-state index contributed by atoms with van der Waals surface area (Å²) < 4.78 is 37.8. The molecule has 0 spiro atoms. The van der Waals surface area contributed by atoms with Gasteiger partial charge < -0.3 is 9.47 Å². The number of nitrogens with zero attached hydrogens (tertiary/aromatic N) is 3. The van der Waals surface area contributed by atoms with Crippen molar-refractivity contribution in [2.75, 3.05) is 26.8 Å². The summed E-state index contributed by atoms with van der Waals surface area (Å²) >= 11 is 0. The minimum atomic E-state index is -3.77. The number of esters is 1. The molecule has 1 aliphatic heterocycles. The predicted molar refractivity (Wildman–Crippen MR) is 165 cm³/mol. The van der Waals surface area contributed by atoms with Gasteiger partial charge in [0.15, 0.2) is 6.61 Å². The van der Waals surface area contributed by atoms with E-state index in [2.05, 4.69) is 0 Å². The maximum absolute atomic E-state index is 13.5. The molecule has 0 saturated heterocycles. The Morgan fingerprint density at radius 2 is 1.63 bits per heavy atom. The second kappa shape index (κ2) is 12.8. The molecular formula is C33H33N3O6S. The van der Waals surface area contributed by atoms with Gasteiger partial charge in [0.25, 0.3) is 5.91 Å². The molecule has 1 heterocycles. The first kappa shape index (κ1) is 29.9. The maximum Gasteiger partial charge on any atom is 0.338 e. The van der Waals surface area contributed by atoms with Crippen LogP contribution in [0.5, 0.6) is 5.75 Å². The molecule has 4 aromatic carbocycles. The van der Waals surface area contributed by atoms with Crippen LogP contribution in [-0.2, 0) is 19.6 Å². The quantitative estimate of drug-likeness (QED) is 0.226. The molecule has 0 aliphatic carbocycles. The zero-order valence-electron chi connectivity index (χ0n) is 24.3. The number of fused-ring (bicyclic) bond motifs is 1. The Bertz CT molecular complexity index is 1780. The largest absolute Gasteiger partial charge is 0.497 e. The number of sulfonamides is 1. The number of ether oxygens (including phenoxy) is 2. The van der Waals surface area contributed by atoms with E-state index < -0.39 is 34.5 Å². The lowest BCUT2D eigenvalue weighted by atomic mass is 9.97. The highest BCUT2D eigenvalue weighted by Gasteiger charge is 2.34. The van der Waals surface area contributed by atoms with Crippen molar-refractivity contribution in [3.63, 3.8) is 0 Å². The fourth-order valence-electron chi connectivity index (χ4n) is 5.14. The van der Waals surface area contributed by atoms with E-state index in [1.165, 1.54) is 33.6 Å². The van der Waals surface area contributed by atoms with Crippen molar-refractivity contribution in [3.05, 3.63) is 108 Å². The standard InChI is InChI=1S/C33H33N3O6S/c1-4-35(5-2)43(39,40)29-12-8-11-27(20-29)33(38)42-22-32(37)36-31(24-15-17-28(41-3)18-16-24)21-30(34-36)26-14-13-23-9-6-7-10-25(23)19-26/h6-20,31H,4-5,21-22H2,1-3H3/t31-/m0/s1. The van der Waals surface area contributed by atoms with Gasteiger partial charge in [0.05, 0.1) is 29.3 Å². The van der Waals surface area contributed by atoms with Crippen molar-refractivity contribution in [1.82, 2.24) is 9.31 Å². The highest BCUT2D eigenvalue weighted by atomic mass is 32.2. The number of hydrogen-bond acceptors (Lipinski definition) is 7. The van der Waals surface area contributed by atoms with Crippen LogP contribution >= 0.6 is 0 Å². The average Bonchev–Trinajstić information content (AvgIpc) is 3.49. The van der Waals surface area contributed by atoms with Gasteiger partial charge in [-0.15, -0.1) is 0 Å². The summed E-state index contributed by atoms with van der Waals surface area (Å²) in [5.41, 5.74) is 2.53. The van der Waals surface area contributed by atoms with Gasteiger partial charge in [-0.05, 0) is 58.3 Å². The van der Waals surface area contributed by atoms with E-state index in [0.717, 1.165) is 27.6 Å². The van der Waals surface area contributed by atoms with Crippen LogP contribution in [0.2, 0.25) is 0 Å². The number of methoxy groups -OCH3 is 1. The zero-order valence-corrected chi connectivity index (χ0v) is 25.1. The van der Waals surface area contributed by atoms with Crippen molar-refractivity contribution in [3.8, 4) is 5.75 Å². The molecule has 0 saturated carbocycles. The monoisotopic (exact) mass is 599 g/mol. The third kappa shape index (κ3) is 6.30. The van der Waals surface area contributed by atoms with E-state index in [1.54, 1.807) is 21.0 Å². The molecule has 9 nitrogen and oxygen atoms in total. The van der Waals surface area contributed by atoms with Gasteiger partial charge in [0.1, 0.15) is 5.75 Å². The number of hydrogen-bond donors (Lipinski definition) is 0. The second-order valence-corrected chi connectivity index (χ2v) is 12.0. The normalized spacial score (nSPS) is 15.0. The predicted octanol–water partition coefficient (Wildman–Crippen LogP) is 5.41. The highest BCUT2D eigenvalue weighted by Crippen LogP contribution is 2.34. The van der Waals surface area contributed by atoms with Gasteiger partial charge in [0.2, 0.25) is 10.0 Å². The lowest BCUT2D eigenvalue weighted by Crippen LogP contribution is -2.31. The second-order valence-electron chi connectivity index (χ2n) is 10.0. The third-order valence-electron chi connectivity index (χ3n) is 7.49. The van der Waals surface area contributed by atoms with Gasteiger partial charge >= 0.3 is 5.97 Å². The molecule has 0 radical (unpaired) electrons. The fraction of sp³-hybridized carbons (Fsp3) is 0.242. The third-order valence-corrected chi connectivity index (χ3v) is 9.53. The van der Waals surface area contributed by atoms with Gasteiger partial charge in [-0.25, -0.2) is 18.2 Å². The van der Waals surface area contributed by atoms with Crippen molar-refractivity contribution in [2.24, 2.45) is 5.10 Å². The van der Waals surface area contributed by atoms with Crippen LogP contribution in [0.15, 0.2) is 101 Å². The van der Waals surface area contributed by atoms with Crippen LogP contribution in [0.3, 0.4) is 0 Å². The number of carbonyl (C=O) groups is 2. The molecule has 4 aromatic rings. The van der Waals surface area contributed by atoms with Crippen LogP contribution in [0.1, 0.15) is 47.8 Å². The average molecular weight is 600 g/mol. The van der Waals surface area contributed by atoms with Crippen LogP contribution in [-0.4, -0.2) is 62.1 Å². The van der Waals surface area contributed by atoms with Gasteiger partial charge in [-0.1, -0.05) is 68.4 Å². The Morgan fingerprint density at radius 3 is 2.33 bits per heavy atom. The molecule has 1 aliphatic rings. The molecule has 1 amide bonds. The van der Waals surface area contributed by atoms with Crippen molar-refractivity contribution >= 4 is 38.4 Å². The molecule has 0 bridgehead atoms. The molecule has 0 N–H and O–H groups in total. The Kier molecular flexibility index (Phi) is 8.89. The Morgan fingerprint density at radius 1 is 0.907 bits per heavy atom. The Hall–Kier alpha value is -4.54. The highest BCUT2D eigenvalue weighted by molar-refractivity contribution is 7.89. The van der Waals surface area contributed by atoms with Crippen molar-refractivity contribution in [2.45, 2.75) is 31.2 Å². The molecule has 10 heteroatoms. The molecule has 0 unspecified atom stereocenters. The van der Waals surface area contributed by atoms with E-state index in [4.69, 9.17) is 14.6 Å². The van der Waals surface area contributed by atoms with E-state index >= 15 is 0 Å². The van der Waals surface area contributed by atoms with E-state index in [1.807, 2.05) is 66.7 Å². The summed E-state index contributed by atoms with van der Waals surface area (Å²) in [6.45, 7) is 3.53. The van der Waals surface area contributed by atoms with Gasteiger partial charge in [0, 0.05) is 19.5 Å². The maximum atomic E-state index is 13.5. The SMILES string of the molecule is CCN(CC)S(=O)(=O)c1cccc(C(=O)OCC(=O)N2N=C(c3ccc4ccccc4c3)C[C@H]2c2ccc(OC)cc2)c1. The number of amides is 1. The smallest absolute Gasteiger partial charge is 0.338 e. The summed E-state index contributed by atoms with van der Waals surface area (Å²) in [5.74, 6) is -0.616. The van der Waals surface area contributed by atoms with Crippen LogP contribution in [0, 0.1) is 0 Å². The zero-order chi connectivity index (χ0) is 30.6. The number of benzene rings is 4. The summed E-state index contributed by atoms with van der Waals surface area (Å²) in [5, 5.41) is 8.22. The lowest BCUT2D eigenvalue weighted by molar-refractivity contribution is -0.136. The number of hydrazone groups is 1. The van der Waals surface area contributed by atoms with Gasteiger partial charge in [-0.2, -0.15) is 9.41 Å². The van der Waals surface area contributed by atoms with E-state index in [9.17, 15) is 18.0 Å². The van der Waals surface area contributed by atoms with Crippen LogP contribution in [0.4, 0.5) is 0 Å². The summed E-state index contributed by atoms with van der Waals surface area (Å²) in [4.78, 5) is 26.4. The summed E-state index contributed by atoms with van der Waals surface area (Å²) in [6.07, 6.45) is 0.468. The summed E-state index contributed by atoms with van der Waals surface area (Å²) in [6, 6.07) is 26.7. The lowest BCUT2D eigenvalue weighted by Gasteiger charge is -2.22. The van der Waals surface area contributed by atoms with E-state index in [-0.39, 0.29) is 10.5 Å². The minimum absolute atomic E-state index is 0.0132. The number of carbonyl (C=O) groups excluding carboxylic acids is 2. The van der Waals surface area contributed by atoms with E-state index in [0.29, 0.717) is 25.3 Å². The van der Waals surface area contributed by atoms with Crippen molar-refractivity contribution in [1.29, 1.82) is 0 Å². The minimum Gasteiger partial charge on any atom is -0.497 e. The molecular weight excluding hydrogens is 566 g/mol. The van der Waals surface area contributed by atoms with Crippen molar-refractivity contribution < 1.29 is 27.5 Å². The molecule has 43 heavy (non-hydrogen) atoms. The van der Waals surface area contributed by atoms with Gasteiger partial charge in [-0.3, -0.25) is 4.79 Å². The van der Waals surface area contributed by atoms with Crippen LogP contribution in [0.25, 0.3) is 10.8 Å². The number of rotatable bonds is 10. The molecule has 222 valence electrons. The molecule has 1 atom stereocenters. The van der Waals surface area contributed by atoms with Crippen LogP contribution < -0.4 is 4.74 Å². The molecule has 0 aromatic heterocycles. The molecule has 5 rings (SSSR count). The fourth-order valence-corrected chi connectivity index (χ4v) is 6.65. The first-order valence-corrected chi connectivity index (χ1v) is 15.5.